The number of anilines is 1. The molecule has 0 amide bonds. The Balaban J connectivity index is 2.12. The Hall–Kier alpha value is -2.01. The molecule has 0 bridgehead atoms. The fourth-order valence-electron chi connectivity index (χ4n) is 1.68. The zero-order valence-corrected chi connectivity index (χ0v) is 11.2. The van der Waals surface area contributed by atoms with E-state index in [4.69, 9.17) is 0 Å². The summed E-state index contributed by atoms with van der Waals surface area (Å²) in [7, 11) is 0. The van der Waals surface area contributed by atoms with E-state index in [1.165, 1.54) is 6.07 Å². The summed E-state index contributed by atoms with van der Waals surface area (Å²) < 4.78 is 0. The standard InChI is InChI=1S/C14H15NO3S/c1-19-11-4-2-3-10(7-11)15-8-9-5-6-12(16)14(18)13(9)17/h2-7,15-18H,8H2,1H3. The Morgan fingerprint density at radius 1 is 1.05 bits per heavy atom. The van der Waals surface area contributed by atoms with E-state index in [9.17, 15) is 15.3 Å². The van der Waals surface area contributed by atoms with Crippen molar-refractivity contribution in [3.8, 4) is 17.2 Å². The molecule has 2 aromatic carbocycles. The lowest BCUT2D eigenvalue weighted by molar-refractivity contribution is 0.365. The van der Waals surface area contributed by atoms with Gasteiger partial charge in [-0.05, 0) is 36.6 Å². The van der Waals surface area contributed by atoms with Crippen molar-refractivity contribution >= 4 is 17.4 Å². The Kier molecular flexibility index (Phi) is 4.06. The molecule has 4 N–H and O–H groups in total. The smallest absolute Gasteiger partial charge is 0.200 e. The third-order valence-corrected chi connectivity index (χ3v) is 3.49. The summed E-state index contributed by atoms with van der Waals surface area (Å²) in [5.41, 5.74) is 1.45. The molecule has 0 radical (unpaired) electrons. The summed E-state index contributed by atoms with van der Waals surface area (Å²) in [5, 5.41) is 31.5. The molecule has 2 aromatic rings. The highest BCUT2D eigenvalue weighted by Gasteiger charge is 2.10. The second-order valence-corrected chi connectivity index (χ2v) is 4.91. The molecule has 0 fully saturated rings. The minimum atomic E-state index is -0.489. The first-order valence-electron chi connectivity index (χ1n) is 5.72. The minimum Gasteiger partial charge on any atom is -0.504 e. The largest absolute Gasteiger partial charge is 0.504 e. The summed E-state index contributed by atoms with van der Waals surface area (Å²) in [4.78, 5) is 1.14. The van der Waals surface area contributed by atoms with Crippen molar-refractivity contribution < 1.29 is 15.3 Å². The topological polar surface area (TPSA) is 72.7 Å². The molecule has 0 aliphatic heterocycles. The molecular formula is C14H15NO3S. The van der Waals surface area contributed by atoms with Crippen molar-refractivity contribution in [1.29, 1.82) is 0 Å². The second-order valence-electron chi connectivity index (χ2n) is 4.03. The number of benzene rings is 2. The number of phenols is 3. The highest BCUT2D eigenvalue weighted by Crippen LogP contribution is 2.37. The van der Waals surface area contributed by atoms with Crippen LogP contribution in [0.1, 0.15) is 5.56 Å². The lowest BCUT2D eigenvalue weighted by Crippen LogP contribution is -1.99. The molecule has 0 aliphatic rings. The second kappa shape index (κ2) is 5.75. The molecule has 0 atom stereocenters. The first kappa shape index (κ1) is 13.4. The van der Waals surface area contributed by atoms with Gasteiger partial charge in [-0.15, -0.1) is 11.8 Å². The third kappa shape index (κ3) is 3.06. The van der Waals surface area contributed by atoms with Crippen LogP contribution in [0.4, 0.5) is 5.69 Å². The number of rotatable bonds is 4. The Labute approximate surface area is 115 Å². The van der Waals surface area contributed by atoms with Gasteiger partial charge in [0, 0.05) is 22.7 Å². The summed E-state index contributed by atoms with van der Waals surface area (Å²) in [6.45, 7) is 0.359. The zero-order valence-electron chi connectivity index (χ0n) is 10.4. The highest BCUT2D eigenvalue weighted by atomic mass is 32.2. The van der Waals surface area contributed by atoms with E-state index in [1.807, 2.05) is 30.5 Å². The fraction of sp³-hybridized carbons (Fsp3) is 0.143. The van der Waals surface area contributed by atoms with E-state index in [0.717, 1.165) is 10.6 Å². The van der Waals surface area contributed by atoms with E-state index in [2.05, 4.69) is 5.32 Å². The molecule has 5 heteroatoms. The first-order chi connectivity index (χ1) is 9.11. The van der Waals surface area contributed by atoms with Crippen molar-refractivity contribution in [1.82, 2.24) is 0 Å². The number of phenolic OH excluding ortho intramolecular Hbond substituents is 3. The van der Waals surface area contributed by atoms with Gasteiger partial charge in [0.05, 0.1) is 0 Å². The van der Waals surface area contributed by atoms with E-state index < -0.39 is 5.75 Å². The van der Waals surface area contributed by atoms with Gasteiger partial charge >= 0.3 is 0 Å². The number of hydrogen-bond donors (Lipinski definition) is 4. The van der Waals surface area contributed by atoms with E-state index in [0.29, 0.717) is 12.1 Å². The van der Waals surface area contributed by atoms with Crippen LogP contribution >= 0.6 is 11.8 Å². The van der Waals surface area contributed by atoms with Crippen molar-refractivity contribution in [2.45, 2.75) is 11.4 Å². The predicted molar refractivity (Wildman–Crippen MR) is 77.0 cm³/mol. The molecule has 0 spiro atoms. The molecule has 0 heterocycles. The number of hydrogen-bond acceptors (Lipinski definition) is 5. The maximum absolute atomic E-state index is 9.70. The monoisotopic (exact) mass is 277 g/mol. The fourth-order valence-corrected chi connectivity index (χ4v) is 2.14. The Morgan fingerprint density at radius 3 is 2.58 bits per heavy atom. The van der Waals surface area contributed by atoms with Gasteiger partial charge in [0.25, 0.3) is 0 Å². The van der Waals surface area contributed by atoms with Crippen molar-refractivity contribution in [3.63, 3.8) is 0 Å². The van der Waals surface area contributed by atoms with Crippen molar-refractivity contribution in [3.05, 3.63) is 42.0 Å². The SMILES string of the molecule is CSc1cccc(NCc2ccc(O)c(O)c2O)c1. The van der Waals surface area contributed by atoms with Crippen LogP contribution in [0.15, 0.2) is 41.3 Å². The summed E-state index contributed by atoms with van der Waals surface area (Å²) >= 11 is 1.65. The number of nitrogens with one attached hydrogen (secondary N) is 1. The van der Waals surface area contributed by atoms with E-state index in [-0.39, 0.29) is 11.5 Å². The van der Waals surface area contributed by atoms with Gasteiger partial charge < -0.3 is 20.6 Å². The third-order valence-electron chi connectivity index (χ3n) is 2.77. The molecule has 4 nitrogen and oxygen atoms in total. The molecule has 0 aliphatic carbocycles. The van der Waals surface area contributed by atoms with Gasteiger partial charge in [0.15, 0.2) is 11.5 Å². The molecule has 100 valence electrons. The van der Waals surface area contributed by atoms with Crippen molar-refractivity contribution in [2.75, 3.05) is 11.6 Å². The van der Waals surface area contributed by atoms with Crippen LogP contribution in [0.25, 0.3) is 0 Å². The molecule has 2 rings (SSSR count). The van der Waals surface area contributed by atoms with Crippen LogP contribution in [0.3, 0.4) is 0 Å². The summed E-state index contributed by atoms with van der Waals surface area (Å²) in [6, 6.07) is 10.8. The summed E-state index contributed by atoms with van der Waals surface area (Å²) in [6.07, 6.45) is 2.00. The van der Waals surface area contributed by atoms with Gasteiger partial charge in [-0.1, -0.05) is 6.07 Å². The van der Waals surface area contributed by atoms with Gasteiger partial charge in [-0.2, -0.15) is 0 Å². The number of aromatic hydroxyl groups is 3. The minimum absolute atomic E-state index is 0.298. The zero-order chi connectivity index (χ0) is 13.8. The van der Waals surface area contributed by atoms with Gasteiger partial charge in [-0.3, -0.25) is 0 Å². The van der Waals surface area contributed by atoms with Crippen LogP contribution in [-0.4, -0.2) is 21.6 Å². The van der Waals surface area contributed by atoms with Crippen LogP contribution in [0.2, 0.25) is 0 Å². The molecular weight excluding hydrogens is 262 g/mol. The average Bonchev–Trinajstić information content (AvgIpc) is 2.44. The van der Waals surface area contributed by atoms with Crippen LogP contribution in [0.5, 0.6) is 17.2 Å². The van der Waals surface area contributed by atoms with Gasteiger partial charge in [-0.25, -0.2) is 0 Å². The Morgan fingerprint density at radius 2 is 1.84 bits per heavy atom. The molecule has 0 saturated carbocycles. The maximum Gasteiger partial charge on any atom is 0.200 e. The molecule has 0 saturated heterocycles. The molecule has 19 heavy (non-hydrogen) atoms. The average molecular weight is 277 g/mol. The Bertz CT molecular complexity index is 587. The van der Waals surface area contributed by atoms with Gasteiger partial charge in [0.1, 0.15) is 0 Å². The van der Waals surface area contributed by atoms with Crippen LogP contribution in [-0.2, 0) is 6.54 Å². The van der Waals surface area contributed by atoms with E-state index in [1.54, 1.807) is 17.8 Å². The lowest BCUT2D eigenvalue weighted by atomic mass is 10.1. The maximum atomic E-state index is 9.70. The van der Waals surface area contributed by atoms with E-state index >= 15 is 0 Å². The van der Waals surface area contributed by atoms with Crippen LogP contribution < -0.4 is 5.32 Å². The quantitative estimate of drug-likeness (QED) is 0.510. The highest BCUT2D eigenvalue weighted by molar-refractivity contribution is 7.98. The lowest BCUT2D eigenvalue weighted by Gasteiger charge is -2.10. The molecule has 0 aromatic heterocycles. The number of thioether (sulfide) groups is 1. The van der Waals surface area contributed by atoms with Crippen LogP contribution in [0, 0.1) is 0 Å². The molecule has 0 unspecified atom stereocenters. The van der Waals surface area contributed by atoms with Gasteiger partial charge in [0.2, 0.25) is 5.75 Å². The summed E-state index contributed by atoms with van der Waals surface area (Å²) in [5.74, 6) is -1.11. The van der Waals surface area contributed by atoms with Crippen molar-refractivity contribution in [2.24, 2.45) is 0 Å². The normalized spacial score (nSPS) is 10.4. The predicted octanol–water partition coefficient (Wildman–Crippen LogP) is 3.14. The first-order valence-corrected chi connectivity index (χ1v) is 6.95.